The second-order valence-corrected chi connectivity index (χ2v) is 2.55. The molecule has 1 aliphatic carbocycles. The van der Waals surface area contributed by atoms with Gasteiger partial charge in [-0.25, -0.2) is 8.78 Å². The van der Waals surface area contributed by atoms with Crippen molar-refractivity contribution in [2.45, 2.75) is 13.1 Å². The molecule has 0 N–H and O–H groups in total. The van der Waals surface area contributed by atoms with E-state index in [0.29, 0.717) is 11.1 Å². The number of alkyl halides is 2. The Morgan fingerprint density at radius 3 is 2.82 bits per heavy atom. The zero-order valence-electron chi connectivity index (χ0n) is 6.35. The lowest BCUT2D eigenvalue weighted by Gasteiger charge is -1.98. The second kappa shape index (κ2) is 3.46. The molecule has 0 aromatic rings. The topological polar surface area (TPSA) is 0 Å². The molecule has 0 bridgehead atoms. The minimum atomic E-state index is -1.06. The quantitative estimate of drug-likeness (QED) is 0.547. The van der Waals surface area contributed by atoms with Crippen molar-refractivity contribution < 1.29 is 8.78 Å². The summed E-state index contributed by atoms with van der Waals surface area (Å²) < 4.78 is 24.9. The Labute approximate surface area is 64.9 Å². The largest absolute Gasteiger partial charge is 0.246 e. The van der Waals surface area contributed by atoms with E-state index < -0.39 is 12.8 Å². The Balaban J connectivity index is 2.84. The molecule has 0 aliphatic heterocycles. The SMILES string of the molecule is CC1=CC=C(CF)C=CC1F. The van der Waals surface area contributed by atoms with Crippen molar-refractivity contribution in [1.29, 1.82) is 0 Å². The third-order valence-corrected chi connectivity index (χ3v) is 1.63. The Hall–Kier alpha value is -0.920. The van der Waals surface area contributed by atoms with Crippen LogP contribution >= 0.6 is 0 Å². The van der Waals surface area contributed by atoms with E-state index in [-0.39, 0.29) is 0 Å². The molecule has 1 atom stereocenters. The number of hydrogen-bond acceptors (Lipinski definition) is 0. The fourth-order valence-electron chi connectivity index (χ4n) is 0.835. The monoisotopic (exact) mass is 156 g/mol. The Morgan fingerprint density at radius 2 is 2.18 bits per heavy atom. The van der Waals surface area contributed by atoms with Crippen molar-refractivity contribution in [3.63, 3.8) is 0 Å². The van der Waals surface area contributed by atoms with Crippen LogP contribution in [0.5, 0.6) is 0 Å². The molecule has 0 saturated heterocycles. The number of halogens is 2. The summed E-state index contributed by atoms with van der Waals surface area (Å²) in [7, 11) is 0. The van der Waals surface area contributed by atoms with Gasteiger partial charge in [0.05, 0.1) is 0 Å². The molecule has 0 spiro atoms. The average Bonchev–Trinajstić information content (AvgIpc) is 2.16. The zero-order valence-corrected chi connectivity index (χ0v) is 6.35. The highest BCUT2D eigenvalue weighted by atomic mass is 19.1. The number of hydrogen-bond donors (Lipinski definition) is 0. The molecule has 0 fully saturated rings. The van der Waals surface area contributed by atoms with Crippen molar-refractivity contribution in [2.24, 2.45) is 0 Å². The first-order valence-corrected chi connectivity index (χ1v) is 3.49. The molecule has 0 radical (unpaired) electrons. The first-order chi connectivity index (χ1) is 5.24. The van der Waals surface area contributed by atoms with Crippen molar-refractivity contribution in [1.82, 2.24) is 0 Å². The highest BCUT2D eigenvalue weighted by Gasteiger charge is 2.05. The maximum absolute atomic E-state index is 12.8. The molecule has 0 heterocycles. The molecule has 0 aromatic heterocycles. The van der Waals surface area contributed by atoms with E-state index in [2.05, 4.69) is 0 Å². The molecule has 0 nitrogen and oxygen atoms in total. The zero-order chi connectivity index (χ0) is 8.27. The van der Waals surface area contributed by atoms with Crippen LogP contribution in [-0.4, -0.2) is 12.8 Å². The van der Waals surface area contributed by atoms with Gasteiger partial charge in [0.15, 0.2) is 0 Å². The van der Waals surface area contributed by atoms with Gasteiger partial charge in [0.1, 0.15) is 12.8 Å². The average molecular weight is 156 g/mol. The lowest BCUT2D eigenvalue weighted by atomic mass is 10.2. The van der Waals surface area contributed by atoms with Gasteiger partial charge in [-0.2, -0.15) is 0 Å². The summed E-state index contributed by atoms with van der Waals surface area (Å²) in [6, 6.07) is 0. The van der Waals surface area contributed by atoms with Crippen LogP contribution in [-0.2, 0) is 0 Å². The maximum atomic E-state index is 12.8. The molecular weight excluding hydrogens is 146 g/mol. The van der Waals surface area contributed by atoms with Gasteiger partial charge in [-0.3, -0.25) is 0 Å². The molecule has 1 unspecified atom stereocenters. The number of rotatable bonds is 1. The van der Waals surface area contributed by atoms with E-state index in [9.17, 15) is 8.78 Å². The van der Waals surface area contributed by atoms with Gasteiger partial charge in [-0.05, 0) is 24.1 Å². The van der Waals surface area contributed by atoms with E-state index in [0.717, 1.165) is 0 Å². The Kier molecular flexibility index (Phi) is 2.58. The Bertz CT molecular complexity index is 224. The van der Waals surface area contributed by atoms with Crippen LogP contribution in [0.2, 0.25) is 0 Å². The smallest absolute Gasteiger partial charge is 0.140 e. The summed E-state index contributed by atoms with van der Waals surface area (Å²) in [6.45, 7) is 1.15. The van der Waals surface area contributed by atoms with Gasteiger partial charge in [0.2, 0.25) is 0 Å². The fourth-order valence-corrected chi connectivity index (χ4v) is 0.835. The van der Waals surface area contributed by atoms with Crippen LogP contribution in [0, 0.1) is 0 Å². The lowest BCUT2D eigenvalue weighted by molar-refractivity contribution is 0.450. The molecule has 60 valence electrons. The fraction of sp³-hybridized carbons (Fsp3) is 0.333. The minimum Gasteiger partial charge on any atom is -0.246 e. The molecule has 2 heteroatoms. The molecule has 1 aliphatic rings. The van der Waals surface area contributed by atoms with Crippen LogP contribution in [0.25, 0.3) is 0 Å². The summed E-state index contributed by atoms with van der Waals surface area (Å²) in [5, 5.41) is 0. The third kappa shape index (κ3) is 2.00. The molecular formula is C9H10F2. The van der Waals surface area contributed by atoms with Gasteiger partial charge in [0.25, 0.3) is 0 Å². The summed E-state index contributed by atoms with van der Waals surface area (Å²) >= 11 is 0. The summed E-state index contributed by atoms with van der Waals surface area (Å²) in [6.07, 6.45) is 5.00. The van der Waals surface area contributed by atoms with Gasteiger partial charge in [-0.15, -0.1) is 0 Å². The van der Waals surface area contributed by atoms with E-state index >= 15 is 0 Å². The van der Waals surface area contributed by atoms with Crippen LogP contribution < -0.4 is 0 Å². The standard InChI is InChI=1S/C9H10F2/c1-7-2-3-8(6-10)4-5-9(7)11/h2-5,9H,6H2,1H3. The van der Waals surface area contributed by atoms with Gasteiger partial charge in [0, 0.05) is 0 Å². The second-order valence-electron chi connectivity index (χ2n) is 2.55. The molecule has 0 saturated carbocycles. The van der Waals surface area contributed by atoms with Crippen LogP contribution in [0.4, 0.5) is 8.78 Å². The molecule has 11 heavy (non-hydrogen) atoms. The summed E-state index contributed by atoms with van der Waals surface area (Å²) in [5.41, 5.74) is 1.13. The van der Waals surface area contributed by atoms with Gasteiger partial charge >= 0.3 is 0 Å². The van der Waals surface area contributed by atoms with Crippen molar-refractivity contribution in [2.75, 3.05) is 6.67 Å². The van der Waals surface area contributed by atoms with E-state index in [4.69, 9.17) is 0 Å². The Morgan fingerprint density at radius 1 is 1.45 bits per heavy atom. The number of allylic oxidation sites excluding steroid dienone is 6. The highest BCUT2D eigenvalue weighted by molar-refractivity contribution is 5.33. The highest BCUT2D eigenvalue weighted by Crippen LogP contribution is 2.14. The van der Waals surface area contributed by atoms with E-state index in [1.165, 1.54) is 12.2 Å². The normalized spacial score (nSPS) is 24.1. The van der Waals surface area contributed by atoms with Crippen LogP contribution in [0.15, 0.2) is 35.5 Å². The van der Waals surface area contributed by atoms with E-state index in [1.807, 2.05) is 0 Å². The van der Waals surface area contributed by atoms with Crippen LogP contribution in [0.1, 0.15) is 6.92 Å². The van der Waals surface area contributed by atoms with Gasteiger partial charge < -0.3 is 0 Å². The predicted octanol–water partition coefficient (Wildman–Crippen LogP) is 2.74. The first-order valence-electron chi connectivity index (χ1n) is 3.49. The predicted molar refractivity (Wildman–Crippen MR) is 41.9 cm³/mol. The van der Waals surface area contributed by atoms with Crippen molar-refractivity contribution >= 4 is 0 Å². The van der Waals surface area contributed by atoms with E-state index in [1.54, 1.807) is 19.1 Å². The molecule has 0 aromatic carbocycles. The minimum absolute atomic E-state index is 0.518. The molecule has 1 rings (SSSR count). The maximum Gasteiger partial charge on any atom is 0.140 e. The first kappa shape index (κ1) is 8.18. The summed E-state index contributed by atoms with van der Waals surface area (Å²) in [5.74, 6) is 0. The summed E-state index contributed by atoms with van der Waals surface area (Å²) in [4.78, 5) is 0. The van der Waals surface area contributed by atoms with Crippen molar-refractivity contribution in [3.05, 3.63) is 35.5 Å². The molecule has 0 amide bonds. The third-order valence-electron chi connectivity index (χ3n) is 1.63. The lowest BCUT2D eigenvalue weighted by Crippen LogP contribution is -1.94. The van der Waals surface area contributed by atoms with Crippen LogP contribution in [0.3, 0.4) is 0 Å². The van der Waals surface area contributed by atoms with Gasteiger partial charge in [-0.1, -0.05) is 18.2 Å². The van der Waals surface area contributed by atoms with Crippen molar-refractivity contribution in [3.8, 4) is 0 Å².